The summed E-state index contributed by atoms with van der Waals surface area (Å²) in [5.41, 5.74) is 3.06. The van der Waals surface area contributed by atoms with Crippen LogP contribution in [0.1, 0.15) is 16.7 Å². The first-order chi connectivity index (χ1) is 9.10. The van der Waals surface area contributed by atoms with Gasteiger partial charge in [0, 0.05) is 0 Å². The van der Waals surface area contributed by atoms with Crippen LogP contribution in [0.2, 0.25) is 0 Å². The van der Waals surface area contributed by atoms with E-state index in [0.717, 1.165) is 11.1 Å². The zero-order chi connectivity index (χ0) is 13.8. The van der Waals surface area contributed by atoms with Crippen molar-refractivity contribution in [2.45, 2.75) is 6.92 Å². The number of hydrogen-bond acceptors (Lipinski definition) is 3. The molecule has 0 spiro atoms. The maximum Gasteiger partial charge on any atom is 0.158 e. The van der Waals surface area contributed by atoms with Crippen molar-refractivity contribution in [1.29, 1.82) is 5.26 Å². The van der Waals surface area contributed by atoms with Gasteiger partial charge < -0.3 is 10.2 Å². The van der Waals surface area contributed by atoms with Gasteiger partial charge in [0.1, 0.15) is 0 Å². The summed E-state index contributed by atoms with van der Waals surface area (Å²) in [5.74, 6) is -0.432. The molecule has 0 atom stereocenters. The van der Waals surface area contributed by atoms with Crippen molar-refractivity contribution in [3.8, 4) is 17.6 Å². The largest absolute Gasteiger partial charge is 0.504 e. The van der Waals surface area contributed by atoms with Gasteiger partial charge in [0.2, 0.25) is 0 Å². The second-order valence-electron chi connectivity index (χ2n) is 4.28. The molecule has 94 valence electrons. The molecule has 19 heavy (non-hydrogen) atoms. The molecular weight excluding hydrogens is 238 g/mol. The van der Waals surface area contributed by atoms with Crippen LogP contribution in [-0.4, -0.2) is 10.2 Å². The average molecular weight is 251 g/mol. The molecule has 0 saturated carbocycles. The number of hydrogen-bond donors (Lipinski definition) is 2. The second kappa shape index (κ2) is 5.28. The van der Waals surface area contributed by atoms with Crippen LogP contribution < -0.4 is 0 Å². The molecule has 0 radical (unpaired) electrons. The molecule has 2 aromatic rings. The van der Waals surface area contributed by atoms with Crippen LogP contribution in [0.3, 0.4) is 0 Å². The first kappa shape index (κ1) is 12.7. The van der Waals surface area contributed by atoms with E-state index < -0.39 is 0 Å². The molecule has 3 heteroatoms. The maximum absolute atomic E-state index is 9.46. The first-order valence-corrected chi connectivity index (χ1v) is 5.81. The zero-order valence-electron chi connectivity index (χ0n) is 10.5. The lowest BCUT2D eigenvalue weighted by Gasteiger charge is -2.03. The zero-order valence-corrected chi connectivity index (χ0v) is 10.5. The number of benzene rings is 2. The van der Waals surface area contributed by atoms with Gasteiger partial charge in [-0.05, 0) is 42.3 Å². The number of phenolic OH excluding ortho intramolecular Hbond substituents is 2. The molecule has 0 aliphatic carbocycles. The standard InChI is InChI=1S/C16H13NO2/c1-11-2-4-12(5-3-11)8-14(10-17)13-6-7-15(18)16(19)9-13/h2-9,18-19H,1H3/b14-8+. The monoisotopic (exact) mass is 251 g/mol. The fourth-order valence-electron chi connectivity index (χ4n) is 1.70. The third kappa shape index (κ3) is 2.93. The van der Waals surface area contributed by atoms with Crippen LogP contribution in [0, 0.1) is 18.3 Å². The molecule has 0 amide bonds. The predicted molar refractivity (Wildman–Crippen MR) is 74.4 cm³/mol. The van der Waals surface area contributed by atoms with Gasteiger partial charge in [0.25, 0.3) is 0 Å². The van der Waals surface area contributed by atoms with Crippen LogP contribution in [0.15, 0.2) is 42.5 Å². The Kier molecular flexibility index (Phi) is 3.53. The SMILES string of the molecule is Cc1ccc(/C=C(\C#N)c2ccc(O)c(O)c2)cc1. The van der Waals surface area contributed by atoms with Crippen molar-refractivity contribution in [3.63, 3.8) is 0 Å². The van der Waals surface area contributed by atoms with Crippen molar-refractivity contribution < 1.29 is 10.2 Å². The molecular formula is C16H13NO2. The van der Waals surface area contributed by atoms with Gasteiger partial charge in [-0.15, -0.1) is 0 Å². The third-order valence-electron chi connectivity index (χ3n) is 2.80. The minimum absolute atomic E-state index is 0.198. The average Bonchev–Trinajstić information content (AvgIpc) is 2.41. The van der Waals surface area contributed by atoms with E-state index in [0.29, 0.717) is 11.1 Å². The van der Waals surface area contributed by atoms with E-state index in [1.165, 1.54) is 12.1 Å². The summed E-state index contributed by atoms with van der Waals surface area (Å²) in [4.78, 5) is 0. The van der Waals surface area contributed by atoms with Crippen molar-refractivity contribution in [3.05, 3.63) is 59.2 Å². The lowest BCUT2D eigenvalue weighted by atomic mass is 10.0. The highest BCUT2D eigenvalue weighted by Gasteiger charge is 2.05. The molecule has 2 N–H and O–H groups in total. The topological polar surface area (TPSA) is 64.2 Å². The number of phenols is 2. The van der Waals surface area contributed by atoms with Crippen molar-refractivity contribution in [2.75, 3.05) is 0 Å². The Balaban J connectivity index is 2.42. The minimum atomic E-state index is -0.234. The Morgan fingerprint density at radius 2 is 1.74 bits per heavy atom. The van der Waals surface area contributed by atoms with E-state index in [2.05, 4.69) is 6.07 Å². The molecule has 2 aromatic carbocycles. The summed E-state index contributed by atoms with van der Waals surface area (Å²) in [6.07, 6.45) is 1.74. The summed E-state index contributed by atoms with van der Waals surface area (Å²) in [7, 11) is 0. The summed E-state index contributed by atoms with van der Waals surface area (Å²) in [6, 6.07) is 14.2. The highest BCUT2D eigenvalue weighted by molar-refractivity contribution is 5.90. The highest BCUT2D eigenvalue weighted by Crippen LogP contribution is 2.28. The van der Waals surface area contributed by atoms with Crippen LogP contribution in [0.4, 0.5) is 0 Å². The maximum atomic E-state index is 9.46. The van der Waals surface area contributed by atoms with E-state index in [9.17, 15) is 15.5 Å². The van der Waals surface area contributed by atoms with Crippen LogP contribution in [-0.2, 0) is 0 Å². The van der Waals surface area contributed by atoms with Crippen molar-refractivity contribution >= 4 is 11.6 Å². The van der Waals surface area contributed by atoms with Crippen LogP contribution in [0.25, 0.3) is 11.6 Å². The van der Waals surface area contributed by atoms with E-state index >= 15 is 0 Å². The molecule has 0 heterocycles. The minimum Gasteiger partial charge on any atom is -0.504 e. The van der Waals surface area contributed by atoms with Gasteiger partial charge >= 0.3 is 0 Å². The number of allylic oxidation sites excluding steroid dienone is 1. The first-order valence-electron chi connectivity index (χ1n) is 5.81. The normalized spacial score (nSPS) is 11.1. The lowest BCUT2D eigenvalue weighted by molar-refractivity contribution is 0.403. The summed E-state index contributed by atoms with van der Waals surface area (Å²) >= 11 is 0. The molecule has 0 aromatic heterocycles. The molecule has 0 fully saturated rings. The Bertz CT molecular complexity index is 664. The summed E-state index contributed by atoms with van der Waals surface area (Å²) in [6.45, 7) is 2.00. The molecule has 0 aliphatic heterocycles. The number of rotatable bonds is 2. The van der Waals surface area contributed by atoms with E-state index in [1.54, 1.807) is 12.1 Å². The summed E-state index contributed by atoms with van der Waals surface area (Å²) in [5, 5.41) is 27.9. The van der Waals surface area contributed by atoms with Gasteiger partial charge in [-0.25, -0.2) is 0 Å². The quantitative estimate of drug-likeness (QED) is 0.488. The van der Waals surface area contributed by atoms with Crippen molar-refractivity contribution in [2.24, 2.45) is 0 Å². The smallest absolute Gasteiger partial charge is 0.158 e. The second-order valence-corrected chi connectivity index (χ2v) is 4.28. The lowest BCUT2D eigenvalue weighted by Crippen LogP contribution is -1.83. The number of aryl methyl sites for hydroxylation is 1. The summed E-state index contributed by atoms with van der Waals surface area (Å²) < 4.78 is 0. The van der Waals surface area contributed by atoms with Gasteiger partial charge in [-0.2, -0.15) is 5.26 Å². The van der Waals surface area contributed by atoms with Crippen LogP contribution in [0.5, 0.6) is 11.5 Å². The predicted octanol–water partition coefficient (Wildman–Crippen LogP) is 3.47. The fourth-order valence-corrected chi connectivity index (χ4v) is 1.70. The molecule has 0 bridgehead atoms. The molecule has 0 aliphatic rings. The Morgan fingerprint density at radius 1 is 1.05 bits per heavy atom. The van der Waals surface area contributed by atoms with Gasteiger partial charge in [-0.1, -0.05) is 29.8 Å². The molecule has 0 saturated heterocycles. The number of nitriles is 1. The van der Waals surface area contributed by atoms with Crippen molar-refractivity contribution in [1.82, 2.24) is 0 Å². The third-order valence-corrected chi connectivity index (χ3v) is 2.80. The van der Waals surface area contributed by atoms with Gasteiger partial charge in [0.15, 0.2) is 11.5 Å². The van der Waals surface area contributed by atoms with Gasteiger partial charge in [0.05, 0.1) is 11.6 Å². The van der Waals surface area contributed by atoms with E-state index in [4.69, 9.17) is 0 Å². The van der Waals surface area contributed by atoms with Crippen LogP contribution >= 0.6 is 0 Å². The number of aromatic hydroxyl groups is 2. The van der Waals surface area contributed by atoms with E-state index in [-0.39, 0.29) is 11.5 Å². The highest BCUT2D eigenvalue weighted by atomic mass is 16.3. The molecule has 3 nitrogen and oxygen atoms in total. The fraction of sp³-hybridized carbons (Fsp3) is 0.0625. The Morgan fingerprint density at radius 3 is 2.32 bits per heavy atom. The Labute approximate surface area is 111 Å². The molecule has 2 rings (SSSR count). The van der Waals surface area contributed by atoms with Gasteiger partial charge in [-0.3, -0.25) is 0 Å². The van der Waals surface area contributed by atoms with E-state index in [1.807, 2.05) is 31.2 Å². The Hall–Kier alpha value is -2.73. The molecule has 0 unspecified atom stereocenters. The number of nitrogens with zero attached hydrogens (tertiary/aromatic N) is 1.